The molecule has 4 aromatic rings. The zero-order chi connectivity index (χ0) is 27.4. The van der Waals surface area contributed by atoms with Crippen molar-refractivity contribution in [2.75, 3.05) is 31.4 Å². The zero-order valence-corrected chi connectivity index (χ0v) is 22.8. The summed E-state index contributed by atoms with van der Waals surface area (Å²) < 4.78 is 12.9. The number of rotatable bonds is 8. The van der Waals surface area contributed by atoms with Crippen molar-refractivity contribution >= 4 is 29.4 Å². The van der Waals surface area contributed by atoms with Gasteiger partial charge in [0.25, 0.3) is 0 Å². The maximum absolute atomic E-state index is 13.6. The summed E-state index contributed by atoms with van der Waals surface area (Å²) in [5, 5.41) is 7.48. The van der Waals surface area contributed by atoms with Gasteiger partial charge in [0, 0.05) is 42.7 Å². The second-order valence-electron chi connectivity index (χ2n) is 8.99. The number of benzene rings is 2. The number of hydrogen-bond donors (Lipinski definition) is 1. The van der Waals surface area contributed by atoms with E-state index in [1.54, 1.807) is 38.3 Å². The van der Waals surface area contributed by atoms with Gasteiger partial charge in [0.2, 0.25) is 11.8 Å². The molecular formula is C29H29N5O4S. The molecule has 1 atom stereocenters. The van der Waals surface area contributed by atoms with Crippen LogP contribution in [0.4, 0.5) is 5.82 Å². The second kappa shape index (κ2) is 11.6. The van der Waals surface area contributed by atoms with Crippen molar-refractivity contribution in [2.24, 2.45) is 7.05 Å². The Hall–Kier alpha value is -4.31. The Kier molecular flexibility index (Phi) is 7.83. The highest BCUT2D eigenvalue weighted by atomic mass is 32.2. The molecule has 10 heteroatoms. The highest BCUT2D eigenvalue weighted by Gasteiger charge is 2.37. The molecule has 3 heterocycles. The number of carbonyl (C=O) groups is 2. The first-order valence-electron chi connectivity index (χ1n) is 12.4. The van der Waals surface area contributed by atoms with E-state index in [-0.39, 0.29) is 29.4 Å². The Labute approximate surface area is 231 Å². The largest absolute Gasteiger partial charge is 0.497 e. The Morgan fingerprint density at radius 1 is 1.08 bits per heavy atom. The lowest BCUT2D eigenvalue weighted by atomic mass is 9.98. The number of aromatic nitrogens is 3. The number of fused-ring (bicyclic) bond motifs is 1. The minimum atomic E-state index is -0.303. The molecule has 0 unspecified atom stereocenters. The molecule has 2 aromatic carbocycles. The monoisotopic (exact) mass is 543 g/mol. The first-order valence-corrected chi connectivity index (χ1v) is 13.5. The van der Waals surface area contributed by atoms with E-state index in [4.69, 9.17) is 14.6 Å². The van der Waals surface area contributed by atoms with E-state index in [0.29, 0.717) is 23.9 Å². The lowest BCUT2D eigenvalue weighted by molar-refractivity contribution is -0.123. The summed E-state index contributed by atoms with van der Waals surface area (Å²) in [7, 11) is 5.04. The summed E-state index contributed by atoms with van der Waals surface area (Å²) in [6.45, 7) is 0.211. The number of carbonyl (C=O) groups excluding carboxylic acids is 2. The van der Waals surface area contributed by atoms with Crippen molar-refractivity contribution in [2.45, 2.75) is 11.8 Å². The summed E-state index contributed by atoms with van der Waals surface area (Å²) >= 11 is 1.48. The molecule has 9 nitrogen and oxygen atoms in total. The van der Waals surface area contributed by atoms with Crippen molar-refractivity contribution in [3.63, 3.8) is 0 Å². The molecule has 1 N–H and O–H groups in total. The van der Waals surface area contributed by atoms with Gasteiger partial charge in [-0.15, -0.1) is 11.8 Å². The number of methoxy groups -OCH3 is 2. The lowest BCUT2D eigenvalue weighted by Gasteiger charge is -2.23. The fourth-order valence-corrected chi connectivity index (χ4v) is 5.90. The molecule has 0 saturated heterocycles. The average Bonchev–Trinajstić information content (AvgIpc) is 3.24. The molecule has 2 aromatic heterocycles. The third-order valence-electron chi connectivity index (χ3n) is 6.55. The van der Waals surface area contributed by atoms with E-state index >= 15 is 0 Å². The van der Waals surface area contributed by atoms with Crippen LogP contribution in [0.1, 0.15) is 21.9 Å². The highest BCUT2D eigenvalue weighted by molar-refractivity contribution is 8.00. The third kappa shape index (κ3) is 5.46. The van der Waals surface area contributed by atoms with E-state index < -0.39 is 0 Å². The van der Waals surface area contributed by atoms with Gasteiger partial charge >= 0.3 is 0 Å². The van der Waals surface area contributed by atoms with Crippen LogP contribution in [0, 0.1) is 0 Å². The summed E-state index contributed by atoms with van der Waals surface area (Å²) in [6, 6.07) is 19.2. The van der Waals surface area contributed by atoms with Crippen molar-refractivity contribution in [3.05, 3.63) is 89.7 Å². The Morgan fingerprint density at radius 3 is 2.56 bits per heavy atom. The number of hydrogen-bond acceptors (Lipinski definition) is 7. The van der Waals surface area contributed by atoms with Crippen molar-refractivity contribution < 1.29 is 19.1 Å². The average molecular weight is 544 g/mol. The van der Waals surface area contributed by atoms with Gasteiger partial charge in [-0.1, -0.05) is 30.3 Å². The quantitative estimate of drug-likeness (QED) is 0.359. The standard InChI is InChI=1S/C29H29N5O4S/c1-33-29-26(27(32-33)20-7-5-4-6-8-20)28(22-15-21(37-2)9-10-23(22)38-3)39-18-25(36)34(29)17-24(35)31-16-19-11-13-30-14-12-19/h4-15,28H,16-18H2,1-3H3,(H,31,35)/t28-/m1/s1. The van der Waals surface area contributed by atoms with Gasteiger partial charge in [-0.05, 0) is 35.9 Å². The molecular weight excluding hydrogens is 514 g/mol. The molecule has 0 saturated carbocycles. The molecule has 0 aliphatic carbocycles. The number of aryl methyl sites for hydroxylation is 1. The number of anilines is 1. The lowest BCUT2D eigenvalue weighted by Crippen LogP contribution is -2.42. The molecule has 0 bridgehead atoms. The number of pyridine rings is 1. The highest BCUT2D eigenvalue weighted by Crippen LogP contribution is 2.50. The summed E-state index contributed by atoms with van der Waals surface area (Å²) in [5.74, 6) is 1.67. The van der Waals surface area contributed by atoms with E-state index in [2.05, 4.69) is 10.3 Å². The van der Waals surface area contributed by atoms with Crippen LogP contribution in [0.25, 0.3) is 11.3 Å². The Bertz CT molecular complexity index is 1480. The molecule has 39 heavy (non-hydrogen) atoms. The van der Waals surface area contributed by atoms with Gasteiger partial charge in [-0.25, -0.2) is 0 Å². The number of nitrogens with one attached hydrogen (secondary N) is 1. The topological polar surface area (TPSA) is 98.6 Å². The summed E-state index contributed by atoms with van der Waals surface area (Å²) in [6.07, 6.45) is 3.36. The van der Waals surface area contributed by atoms with E-state index in [9.17, 15) is 9.59 Å². The van der Waals surface area contributed by atoms with Crippen molar-refractivity contribution in [1.82, 2.24) is 20.1 Å². The van der Waals surface area contributed by atoms with Crippen LogP contribution < -0.4 is 19.7 Å². The first-order chi connectivity index (χ1) is 19.0. The zero-order valence-electron chi connectivity index (χ0n) is 22.0. The molecule has 0 fully saturated rings. The fourth-order valence-electron chi connectivity index (χ4n) is 4.69. The molecule has 5 rings (SSSR count). The van der Waals surface area contributed by atoms with Crippen LogP contribution in [-0.4, -0.2) is 53.1 Å². The predicted octanol–water partition coefficient (Wildman–Crippen LogP) is 3.98. The van der Waals surface area contributed by atoms with Gasteiger partial charge < -0.3 is 14.8 Å². The van der Waals surface area contributed by atoms with Gasteiger partial charge in [-0.2, -0.15) is 5.10 Å². The van der Waals surface area contributed by atoms with Crippen LogP contribution in [0.2, 0.25) is 0 Å². The van der Waals surface area contributed by atoms with Crippen LogP contribution in [-0.2, 0) is 23.2 Å². The number of ether oxygens (including phenoxy) is 2. The van der Waals surface area contributed by atoms with E-state index in [0.717, 1.165) is 27.9 Å². The van der Waals surface area contributed by atoms with E-state index in [1.165, 1.54) is 16.7 Å². The van der Waals surface area contributed by atoms with Gasteiger partial charge in [0.1, 0.15) is 23.9 Å². The Morgan fingerprint density at radius 2 is 1.85 bits per heavy atom. The normalized spacial score (nSPS) is 14.9. The maximum Gasteiger partial charge on any atom is 0.240 e. The predicted molar refractivity (Wildman–Crippen MR) is 151 cm³/mol. The van der Waals surface area contributed by atoms with Crippen LogP contribution in [0.15, 0.2) is 73.1 Å². The first kappa shape index (κ1) is 26.3. The third-order valence-corrected chi connectivity index (χ3v) is 7.79. The molecule has 2 amide bonds. The van der Waals surface area contributed by atoms with Gasteiger partial charge in [0.15, 0.2) is 0 Å². The molecule has 200 valence electrons. The van der Waals surface area contributed by atoms with Crippen LogP contribution in [0.5, 0.6) is 11.5 Å². The molecule has 1 aliphatic heterocycles. The van der Waals surface area contributed by atoms with Crippen molar-refractivity contribution in [3.8, 4) is 22.8 Å². The number of nitrogens with zero attached hydrogens (tertiary/aromatic N) is 4. The molecule has 0 radical (unpaired) electrons. The second-order valence-corrected chi connectivity index (χ2v) is 10.1. The minimum Gasteiger partial charge on any atom is -0.497 e. The summed E-state index contributed by atoms with van der Waals surface area (Å²) in [5.41, 5.74) is 4.29. The maximum atomic E-state index is 13.6. The van der Waals surface area contributed by atoms with Gasteiger partial charge in [0.05, 0.1) is 30.9 Å². The SMILES string of the molecule is COc1ccc(OC)c([C@H]2SCC(=O)N(CC(=O)NCc3ccncc3)c3c2c(-c2ccccc2)nn3C)c1. The molecule has 0 spiro atoms. The van der Waals surface area contributed by atoms with Gasteiger partial charge in [-0.3, -0.25) is 24.2 Å². The van der Waals surface area contributed by atoms with Crippen molar-refractivity contribution in [1.29, 1.82) is 0 Å². The smallest absolute Gasteiger partial charge is 0.240 e. The number of thioether (sulfide) groups is 1. The Balaban J connectivity index is 1.59. The summed E-state index contributed by atoms with van der Waals surface area (Å²) in [4.78, 5) is 32.2. The number of amides is 2. The van der Waals surface area contributed by atoms with E-state index in [1.807, 2.05) is 60.7 Å². The minimum absolute atomic E-state index is 0.132. The van der Waals surface area contributed by atoms with Crippen LogP contribution in [0.3, 0.4) is 0 Å². The van der Waals surface area contributed by atoms with Crippen LogP contribution >= 0.6 is 11.8 Å². The fraction of sp³-hybridized carbons (Fsp3) is 0.241. The molecule has 1 aliphatic rings.